The van der Waals surface area contributed by atoms with Gasteiger partial charge in [0.25, 0.3) is 0 Å². The summed E-state index contributed by atoms with van der Waals surface area (Å²) in [6, 6.07) is 9.76. The van der Waals surface area contributed by atoms with Crippen LogP contribution in [0.15, 0.2) is 30.3 Å². The van der Waals surface area contributed by atoms with Gasteiger partial charge in [0.05, 0.1) is 5.54 Å². The van der Waals surface area contributed by atoms with Crippen LogP contribution in [0.3, 0.4) is 0 Å². The lowest BCUT2D eigenvalue weighted by Crippen LogP contribution is -2.55. The molecule has 136 valence electrons. The minimum absolute atomic E-state index is 0. The summed E-state index contributed by atoms with van der Waals surface area (Å²) < 4.78 is 0. The highest BCUT2D eigenvalue weighted by Gasteiger charge is 2.28. The minimum atomic E-state index is -0.419. The molecule has 0 saturated heterocycles. The molecule has 0 aromatic heterocycles. The number of amides is 2. The lowest BCUT2D eigenvalue weighted by Gasteiger charge is -2.34. The van der Waals surface area contributed by atoms with Crippen LogP contribution in [0.4, 0.5) is 0 Å². The molecule has 0 bridgehead atoms. The van der Waals surface area contributed by atoms with Gasteiger partial charge >= 0.3 is 0 Å². The molecule has 0 fully saturated rings. The van der Waals surface area contributed by atoms with E-state index in [2.05, 4.69) is 5.32 Å². The van der Waals surface area contributed by atoms with E-state index >= 15 is 0 Å². The molecule has 0 saturated carbocycles. The van der Waals surface area contributed by atoms with E-state index in [-0.39, 0.29) is 36.6 Å². The first-order valence-corrected chi connectivity index (χ1v) is 8.09. The third-order valence-electron chi connectivity index (χ3n) is 4.39. The zero-order chi connectivity index (χ0) is 17.5. The quantitative estimate of drug-likeness (QED) is 0.751. The van der Waals surface area contributed by atoms with Crippen molar-refractivity contribution in [2.45, 2.75) is 46.2 Å². The molecular weight excluding hydrogens is 326 g/mol. The number of nitrogens with zero attached hydrogens (tertiary/aromatic N) is 1. The summed E-state index contributed by atoms with van der Waals surface area (Å²) in [6.07, 6.45) is 0.273. The summed E-state index contributed by atoms with van der Waals surface area (Å²) >= 11 is 0. The first-order chi connectivity index (χ1) is 10.8. The van der Waals surface area contributed by atoms with Crippen molar-refractivity contribution in [3.63, 3.8) is 0 Å². The molecule has 0 aliphatic heterocycles. The molecule has 2 amide bonds. The molecule has 3 N–H and O–H groups in total. The second kappa shape index (κ2) is 10.3. The fourth-order valence-electron chi connectivity index (χ4n) is 2.20. The number of hydrogen-bond donors (Lipinski definition) is 2. The van der Waals surface area contributed by atoms with Gasteiger partial charge in [-0.15, -0.1) is 12.4 Å². The molecule has 1 atom stereocenters. The van der Waals surface area contributed by atoms with Gasteiger partial charge in [0, 0.05) is 33.0 Å². The number of benzene rings is 1. The SMILES string of the molecule is CC(=O)N(CCC(=O)NC(C)(CN)C(C)C)Cc1ccccc1.Cl. The van der Waals surface area contributed by atoms with Crippen molar-refractivity contribution in [2.75, 3.05) is 13.1 Å². The first kappa shape index (κ1) is 22.4. The number of hydrogen-bond acceptors (Lipinski definition) is 3. The molecule has 1 aromatic carbocycles. The Morgan fingerprint density at radius 2 is 1.83 bits per heavy atom. The monoisotopic (exact) mass is 355 g/mol. The van der Waals surface area contributed by atoms with E-state index in [1.54, 1.807) is 4.90 Å². The second-order valence-electron chi connectivity index (χ2n) is 6.50. The van der Waals surface area contributed by atoms with Gasteiger partial charge in [-0.05, 0) is 18.4 Å². The van der Waals surface area contributed by atoms with Crippen molar-refractivity contribution < 1.29 is 9.59 Å². The second-order valence-corrected chi connectivity index (χ2v) is 6.50. The highest BCUT2D eigenvalue weighted by Crippen LogP contribution is 2.15. The first-order valence-electron chi connectivity index (χ1n) is 8.09. The Morgan fingerprint density at radius 1 is 1.25 bits per heavy atom. The van der Waals surface area contributed by atoms with E-state index < -0.39 is 5.54 Å². The Bertz CT molecular complexity index is 522. The Kier molecular flexibility index (Phi) is 9.63. The van der Waals surface area contributed by atoms with Gasteiger partial charge in [-0.3, -0.25) is 9.59 Å². The fraction of sp³-hybridized carbons (Fsp3) is 0.556. The molecule has 1 rings (SSSR count). The molecule has 1 unspecified atom stereocenters. The van der Waals surface area contributed by atoms with Crippen molar-refractivity contribution in [3.05, 3.63) is 35.9 Å². The van der Waals surface area contributed by atoms with Crippen molar-refractivity contribution in [1.82, 2.24) is 10.2 Å². The average Bonchev–Trinajstić information content (AvgIpc) is 2.51. The summed E-state index contributed by atoms with van der Waals surface area (Å²) in [7, 11) is 0. The highest BCUT2D eigenvalue weighted by atomic mass is 35.5. The van der Waals surface area contributed by atoms with Gasteiger partial charge in [0.15, 0.2) is 0 Å². The Balaban J connectivity index is 0.00000529. The smallest absolute Gasteiger partial charge is 0.222 e. The summed E-state index contributed by atoms with van der Waals surface area (Å²) in [6.45, 7) is 8.84. The standard InChI is InChI=1S/C18H29N3O2.ClH/c1-14(2)18(4,13-19)20-17(23)10-11-21(15(3)22)12-16-8-6-5-7-9-16;/h5-9,14H,10-13,19H2,1-4H3,(H,20,23);1H. The Labute approximate surface area is 151 Å². The maximum Gasteiger partial charge on any atom is 0.222 e. The third-order valence-corrected chi connectivity index (χ3v) is 4.39. The number of carbonyl (C=O) groups is 2. The summed E-state index contributed by atoms with van der Waals surface area (Å²) in [5.74, 6) is 0.128. The van der Waals surface area contributed by atoms with Crippen molar-refractivity contribution >= 4 is 24.2 Å². The van der Waals surface area contributed by atoms with Gasteiger partial charge in [-0.2, -0.15) is 0 Å². The van der Waals surface area contributed by atoms with E-state index in [4.69, 9.17) is 5.73 Å². The van der Waals surface area contributed by atoms with Crippen molar-refractivity contribution in [1.29, 1.82) is 0 Å². The zero-order valence-electron chi connectivity index (χ0n) is 15.0. The fourth-order valence-corrected chi connectivity index (χ4v) is 2.20. The molecule has 24 heavy (non-hydrogen) atoms. The number of nitrogens with two attached hydrogens (primary N) is 1. The summed E-state index contributed by atoms with van der Waals surface area (Å²) in [4.78, 5) is 25.7. The van der Waals surface area contributed by atoms with Gasteiger partial charge < -0.3 is 16.0 Å². The Morgan fingerprint density at radius 3 is 2.29 bits per heavy atom. The van der Waals surface area contributed by atoms with Gasteiger partial charge in [-0.1, -0.05) is 44.2 Å². The van der Waals surface area contributed by atoms with E-state index in [1.165, 1.54) is 6.92 Å². The topological polar surface area (TPSA) is 75.4 Å². The van der Waals surface area contributed by atoms with Crippen LogP contribution in [0, 0.1) is 5.92 Å². The van der Waals surface area contributed by atoms with Crippen LogP contribution in [-0.4, -0.2) is 35.3 Å². The molecule has 0 heterocycles. The number of halogens is 1. The van der Waals surface area contributed by atoms with Crippen LogP contribution in [0.5, 0.6) is 0 Å². The molecule has 1 aromatic rings. The molecule has 0 radical (unpaired) electrons. The molecule has 0 aliphatic carbocycles. The summed E-state index contributed by atoms with van der Waals surface area (Å²) in [5.41, 5.74) is 6.42. The number of nitrogens with one attached hydrogen (secondary N) is 1. The minimum Gasteiger partial charge on any atom is -0.349 e. The van der Waals surface area contributed by atoms with Crippen LogP contribution in [-0.2, 0) is 16.1 Å². The number of carbonyl (C=O) groups excluding carboxylic acids is 2. The van der Waals surface area contributed by atoms with Crippen LogP contribution >= 0.6 is 12.4 Å². The lowest BCUT2D eigenvalue weighted by atomic mass is 9.88. The number of rotatable bonds is 8. The maximum atomic E-state index is 12.2. The van der Waals surface area contributed by atoms with Crippen LogP contribution in [0.1, 0.15) is 39.7 Å². The predicted octanol–water partition coefficient (Wildman–Crippen LogP) is 2.34. The Hall–Kier alpha value is -1.59. The van der Waals surface area contributed by atoms with Crippen molar-refractivity contribution in [2.24, 2.45) is 11.7 Å². The summed E-state index contributed by atoms with van der Waals surface area (Å²) in [5, 5.41) is 3.00. The largest absolute Gasteiger partial charge is 0.349 e. The van der Waals surface area contributed by atoms with Crippen LogP contribution in [0.2, 0.25) is 0 Å². The van der Waals surface area contributed by atoms with Gasteiger partial charge in [0.1, 0.15) is 0 Å². The van der Waals surface area contributed by atoms with Crippen molar-refractivity contribution in [3.8, 4) is 0 Å². The third kappa shape index (κ3) is 6.89. The van der Waals surface area contributed by atoms with E-state index in [1.807, 2.05) is 51.1 Å². The van der Waals surface area contributed by atoms with E-state index in [9.17, 15) is 9.59 Å². The average molecular weight is 356 g/mol. The predicted molar refractivity (Wildman–Crippen MR) is 99.8 cm³/mol. The molecule has 5 nitrogen and oxygen atoms in total. The molecular formula is C18H30ClN3O2. The highest BCUT2D eigenvalue weighted by molar-refractivity contribution is 5.85. The van der Waals surface area contributed by atoms with Crippen LogP contribution in [0.25, 0.3) is 0 Å². The lowest BCUT2D eigenvalue weighted by molar-refractivity contribution is -0.130. The van der Waals surface area contributed by atoms with Crippen LogP contribution < -0.4 is 11.1 Å². The van der Waals surface area contributed by atoms with Gasteiger partial charge in [-0.25, -0.2) is 0 Å². The normalized spacial score (nSPS) is 12.9. The van der Waals surface area contributed by atoms with E-state index in [0.717, 1.165) is 5.56 Å². The maximum absolute atomic E-state index is 12.2. The molecule has 0 spiro atoms. The van der Waals surface area contributed by atoms with Gasteiger partial charge in [0.2, 0.25) is 11.8 Å². The van der Waals surface area contributed by atoms with E-state index in [0.29, 0.717) is 19.6 Å². The molecule has 0 aliphatic rings. The zero-order valence-corrected chi connectivity index (χ0v) is 15.9. The molecule has 6 heteroatoms.